The number of nitrogens with zero attached hydrogens (tertiary/aromatic N) is 10. The summed E-state index contributed by atoms with van der Waals surface area (Å²) < 4.78 is 9.60. The summed E-state index contributed by atoms with van der Waals surface area (Å²) in [5, 5.41) is 3.03. The molecule has 0 aliphatic carbocycles. The maximum atomic E-state index is 13.4. The molecule has 6 rings (SSSR count). The SMILES string of the molecule is CC(=O)CCNc1cn(C)c(C(=O)Cc2cn(C)c(C(=O)Cc3cn(C)c(C(=O)Cc4cn(C)c(C(=O)Cc5cc(C(=O)Cc6cc(C(C)=O)n(C)c6)n(C)c5)n4)n3)n2)n1. The molecule has 0 saturated carbocycles. The van der Waals surface area contributed by atoms with E-state index < -0.39 is 0 Å². The van der Waals surface area contributed by atoms with Crippen LogP contribution < -0.4 is 5.32 Å². The van der Waals surface area contributed by atoms with Gasteiger partial charge in [0.25, 0.3) is 0 Å². The van der Waals surface area contributed by atoms with Crippen LogP contribution in [0.1, 0.15) is 112 Å². The van der Waals surface area contributed by atoms with Crippen molar-refractivity contribution >= 4 is 46.3 Å². The normalized spacial score (nSPS) is 11.3. The number of Topliss-reactive ketones (excluding diaryl/α,β-unsaturated/α-hetero) is 7. The lowest BCUT2D eigenvalue weighted by molar-refractivity contribution is -0.116. The van der Waals surface area contributed by atoms with Crippen LogP contribution >= 0.6 is 0 Å². The molecule has 60 heavy (non-hydrogen) atoms. The third-order valence-corrected chi connectivity index (χ3v) is 9.96. The van der Waals surface area contributed by atoms with Gasteiger partial charge in [0, 0.05) is 112 Å². The number of aromatic nitrogens is 10. The maximum absolute atomic E-state index is 13.4. The van der Waals surface area contributed by atoms with Crippen molar-refractivity contribution in [1.29, 1.82) is 0 Å². The number of aryl methyl sites for hydroxylation is 6. The number of anilines is 1. The first kappa shape index (κ1) is 42.5. The highest BCUT2D eigenvalue weighted by molar-refractivity contribution is 6.00. The fourth-order valence-electron chi connectivity index (χ4n) is 7.15. The zero-order valence-corrected chi connectivity index (χ0v) is 34.9. The molecule has 0 unspecified atom stereocenters. The molecule has 6 heterocycles. The van der Waals surface area contributed by atoms with Gasteiger partial charge in [-0.2, -0.15) is 0 Å². The zero-order chi connectivity index (χ0) is 43.6. The second kappa shape index (κ2) is 17.4. The summed E-state index contributed by atoms with van der Waals surface area (Å²) in [6.45, 7) is 3.38. The smallest absolute Gasteiger partial charge is 0.204 e. The van der Waals surface area contributed by atoms with E-state index in [0.29, 0.717) is 52.8 Å². The molecule has 0 aliphatic heterocycles. The number of hydrogen-bond acceptors (Lipinski definition) is 12. The maximum Gasteiger partial charge on any atom is 0.204 e. The van der Waals surface area contributed by atoms with E-state index in [2.05, 4.69) is 25.3 Å². The van der Waals surface area contributed by atoms with Gasteiger partial charge in [0.1, 0.15) is 11.6 Å². The van der Waals surface area contributed by atoms with Crippen LogP contribution in [0.4, 0.5) is 5.82 Å². The molecule has 0 radical (unpaired) electrons. The van der Waals surface area contributed by atoms with Gasteiger partial charge in [0.05, 0.1) is 47.7 Å². The molecule has 0 aliphatic rings. The van der Waals surface area contributed by atoms with E-state index in [1.54, 1.807) is 114 Å². The minimum Gasteiger partial charge on any atom is -0.368 e. The van der Waals surface area contributed by atoms with E-state index in [0.717, 1.165) is 5.56 Å². The van der Waals surface area contributed by atoms with Crippen molar-refractivity contribution < 1.29 is 33.6 Å². The summed E-state index contributed by atoms with van der Waals surface area (Å²) in [6.07, 6.45) is 10.0. The predicted octanol–water partition coefficient (Wildman–Crippen LogP) is 3.02. The summed E-state index contributed by atoms with van der Waals surface area (Å²) in [6, 6.07) is 3.39. The second-order valence-electron chi connectivity index (χ2n) is 15.2. The van der Waals surface area contributed by atoms with Gasteiger partial charge in [-0.15, -0.1) is 0 Å². The van der Waals surface area contributed by atoms with Crippen LogP contribution in [0.5, 0.6) is 0 Å². The highest BCUT2D eigenvalue weighted by Crippen LogP contribution is 2.18. The third kappa shape index (κ3) is 9.60. The van der Waals surface area contributed by atoms with E-state index in [-0.39, 0.29) is 95.9 Å². The van der Waals surface area contributed by atoms with Crippen LogP contribution in [0, 0.1) is 0 Å². The van der Waals surface area contributed by atoms with Crippen LogP contribution in [0.2, 0.25) is 0 Å². The largest absolute Gasteiger partial charge is 0.368 e. The molecule has 1 N–H and O–H groups in total. The Morgan fingerprint density at radius 3 is 1.28 bits per heavy atom. The van der Waals surface area contributed by atoms with E-state index in [4.69, 9.17) is 0 Å². The van der Waals surface area contributed by atoms with Gasteiger partial charge in [-0.3, -0.25) is 33.6 Å². The lowest BCUT2D eigenvalue weighted by Crippen LogP contribution is -2.12. The molecule has 0 amide bonds. The standard InChI is InChI=1S/C42H47N11O7/c1-24(54)9-10-43-38-23-53(8)42(47-38)37(60)17-30-22-52(7)41(46-30)36(59)16-29-21-51(6)40(45-29)35(58)15-28-20-50(5)39(44-28)34(57)14-27-12-32(49(4)19-27)33(56)13-26-11-31(25(2)55)48(3)18-26/h11-12,18-23,43H,9-10,13-17H2,1-8H3. The number of hydrogen-bond donors (Lipinski definition) is 1. The molecule has 18 heteroatoms. The monoisotopic (exact) mass is 817 g/mol. The van der Waals surface area contributed by atoms with Crippen molar-refractivity contribution in [3.8, 4) is 0 Å². The van der Waals surface area contributed by atoms with Crippen molar-refractivity contribution in [3.05, 3.63) is 112 Å². The Morgan fingerprint density at radius 1 is 0.467 bits per heavy atom. The Morgan fingerprint density at radius 2 is 0.850 bits per heavy atom. The van der Waals surface area contributed by atoms with Crippen molar-refractivity contribution in [3.63, 3.8) is 0 Å². The molecule has 312 valence electrons. The quantitative estimate of drug-likeness (QED) is 0.110. The minimum absolute atomic E-state index is 0.0174. The number of carbonyl (C=O) groups is 7. The Hall–Kier alpha value is -7.11. The average molecular weight is 818 g/mol. The summed E-state index contributed by atoms with van der Waals surface area (Å²) in [7, 11) is 10.2. The Kier molecular flexibility index (Phi) is 12.3. The highest BCUT2D eigenvalue weighted by atomic mass is 16.2. The van der Waals surface area contributed by atoms with Gasteiger partial charge in [-0.25, -0.2) is 19.9 Å². The molecular weight excluding hydrogens is 771 g/mol. The average Bonchev–Trinajstić information content (AvgIpc) is 4.01. The number of ketones is 7. The number of imidazole rings is 4. The molecule has 0 atom stereocenters. The molecule has 0 bridgehead atoms. The van der Waals surface area contributed by atoms with E-state index in [9.17, 15) is 33.6 Å². The van der Waals surface area contributed by atoms with E-state index in [1.807, 2.05) is 0 Å². The van der Waals surface area contributed by atoms with Crippen LogP contribution in [-0.4, -0.2) is 94.4 Å². The van der Waals surface area contributed by atoms with Crippen molar-refractivity contribution in [1.82, 2.24) is 47.3 Å². The lowest BCUT2D eigenvalue weighted by atomic mass is 10.1. The molecule has 6 aromatic heterocycles. The molecule has 0 spiro atoms. The predicted molar refractivity (Wildman–Crippen MR) is 218 cm³/mol. The first-order chi connectivity index (χ1) is 28.4. The third-order valence-electron chi connectivity index (χ3n) is 9.96. The summed E-state index contributed by atoms with van der Waals surface area (Å²) in [4.78, 5) is 107. The van der Waals surface area contributed by atoms with E-state index in [1.165, 1.54) is 18.4 Å². The van der Waals surface area contributed by atoms with E-state index >= 15 is 0 Å². The zero-order valence-electron chi connectivity index (χ0n) is 34.9. The lowest BCUT2D eigenvalue weighted by Gasteiger charge is -2.00. The molecular formula is C42H47N11O7. The van der Waals surface area contributed by atoms with Crippen LogP contribution in [0.3, 0.4) is 0 Å². The molecule has 18 nitrogen and oxygen atoms in total. The first-order valence-corrected chi connectivity index (χ1v) is 19.2. The fraction of sp³-hybridized carbons (Fsp3) is 0.357. The van der Waals surface area contributed by atoms with Crippen molar-refractivity contribution in [2.45, 2.75) is 52.4 Å². The minimum atomic E-state index is -0.363. The first-order valence-electron chi connectivity index (χ1n) is 19.2. The molecule has 6 aromatic rings. The van der Waals surface area contributed by atoms with Gasteiger partial charge in [-0.1, -0.05) is 0 Å². The van der Waals surface area contributed by atoms with Gasteiger partial charge in [-0.05, 0) is 30.2 Å². The summed E-state index contributed by atoms with van der Waals surface area (Å²) in [5.41, 5.74) is 3.40. The fourth-order valence-corrected chi connectivity index (χ4v) is 7.15. The summed E-state index contributed by atoms with van der Waals surface area (Å²) >= 11 is 0. The van der Waals surface area contributed by atoms with Crippen LogP contribution in [0.15, 0.2) is 49.3 Å². The Labute approximate surface area is 345 Å². The molecule has 0 fully saturated rings. The number of carbonyl (C=O) groups excluding carboxylic acids is 7. The van der Waals surface area contributed by atoms with Gasteiger partial charge in [0.2, 0.25) is 23.1 Å². The topological polar surface area (TPSA) is 213 Å². The highest BCUT2D eigenvalue weighted by Gasteiger charge is 2.24. The number of nitrogens with one attached hydrogen (secondary N) is 1. The van der Waals surface area contributed by atoms with Gasteiger partial charge >= 0.3 is 0 Å². The molecule has 0 aromatic carbocycles. The van der Waals surface area contributed by atoms with Crippen molar-refractivity contribution in [2.24, 2.45) is 42.3 Å². The number of rotatable bonds is 20. The summed E-state index contributed by atoms with van der Waals surface area (Å²) in [5.74, 6) is -0.435. The van der Waals surface area contributed by atoms with Gasteiger partial charge < -0.3 is 32.7 Å². The Balaban J connectivity index is 1.04. The Bertz CT molecular complexity index is 2690. The molecule has 0 saturated heterocycles. The van der Waals surface area contributed by atoms with Crippen molar-refractivity contribution in [2.75, 3.05) is 11.9 Å². The second-order valence-corrected chi connectivity index (χ2v) is 15.2. The van der Waals surface area contributed by atoms with Crippen LogP contribution in [0.25, 0.3) is 0 Å². The van der Waals surface area contributed by atoms with Crippen LogP contribution in [-0.2, 0) is 79.2 Å². The van der Waals surface area contributed by atoms with Gasteiger partial charge in [0.15, 0.2) is 34.9 Å².